The molecule has 1 atom stereocenters. The van der Waals surface area contributed by atoms with Crippen LogP contribution in [0.5, 0.6) is 0 Å². The number of hydrogen-bond donors (Lipinski definition) is 1. The summed E-state index contributed by atoms with van der Waals surface area (Å²) in [6, 6.07) is 14.3. The van der Waals surface area contributed by atoms with Crippen molar-refractivity contribution in [1.82, 2.24) is 14.8 Å². The predicted octanol–water partition coefficient (Wildman–Crippen LogP) is 3.58. The molecule has 21 heavy (non-hydrogen) atoms. The van der Waals surface area contributed by atoms with Crippen LogP contribution in [0.3, 0.4) is 0 Å². The van der Waals surface area contributed by atoms with E-state index in [4.69, 9.17) is 0 Å². The molecule has 4 nitrogen and oxygen atoms in total. The molecule has 0 fully saturated rings. The van der Waals surface area contributed by atoms with Crippen molar-refractivity contribution in [2.45, 2.75) is 13.0 Å². The Bertz CT molecular complexity index is 725. The number of hydrogen-bond acceptors (Lipinski definition) is 3. The summed E-state index contributed by atoms with van der Waals surface area (Å²) in [5.41, 5.74) is 2.38. The van der Waals surface area contributed by atoms with Crippen LogP contribution in [0.2, 0.25) is 0 Å². The van der Waals surface area contributed by atoms with Gasteiger partial charge in [-0.2, -0.15) is 5.10 Å². The molecule has 0 bridgehead atoms. The van der Waals surface area contributed by atoms with Crippen LogP contribution < -0.4 is 5.32 Å². The monoisotopic (exact) mass is 282 g/mol. The van der Waals surface area contributed by atoms with Crippen molar-refractivity contribution in [3.63, 3.8) is 0 Å². The summed E-state index contributed by atoms with van der Waals surface area (Å²) >= 11 is 0. The highest BCUT2D eigenvalue weighted by Gasteiger charge is 2.12. The Morgan fingerprint density at radius 2 is 1.86 bits per heavy atom. The summed E-state index contributed by atoms with van der Waals surface area (Å²) in [5.74, 6) is -0.212. The third-order valence-corrected chi connectivity index (χ3v) is 3.31. The van der Waals surface area contributed by atoms with E-state index in [1.54, 1.807) is 23.1 Å². The molecule has 0 aliphatic carbocycles. The molecule has 1 N–H and O–H groups in total. The summed E-state index contributed by atoms with van der Waals surface area (Å²) < 4.78 is 15.5. The summed E-state index contributed by atoms with van der Waals surface area (Å²) in [4.78, 5) is 3.96. The maximum Gasteiger partial charge on any atom is 0.138 e. The molecule has 0 saturated heterocycles. The van der Waals surface area contributed by atoms with Gasteiger partial charge in [0.15, 0.2) is 0 Å². The fraction of sp³-hybridized carbons (Fsp3) is 0.125. The topological polar surface area (TPSA) is 42.7 Å². The lowest BCUT2D eigenvalue weighted by Crippen LogP contribution is -2.11. The van der Waals surface area contributed by atoms with Crippen LogP contribution in [-0.4, -0.2) is 14.8 Å². The molecular weight excluding hydrogens is 267 g/mol. The summed E-state index contributed by atoms with van der Waals surface area (Å²) in [7, 11) is 0. The molecule has 1 aromatic heterocycles. The van der Waals surface area contributed by atoms with E-state index < -0.39 is 0 Å². The molecule has 0 saturated carbocycles. The van der Waals surface area contributed by atoms with E-state index >= 15 is 0 Å². The minimum absolute atomic E-state index is 0.157. The number of benzene rings is 2. The Kier molecular flexibility index (Phi) is 3.64. The number of para-hydroxylation sites is 2. The standard InChI is InChI=1S/C16H15FN4/c1-12(13-6-2-3-7-14(13)17)20-15-8-4-5-9-16(15)21-11-18-10-19-21/h2-12,20H,1H3. The zero-order valence-corrected chi connectivity index (χ0v) is 11.6. The van der Waals surface area contributed by atoms with Crippen molar-refractivity contribution < 1.29 is 4.39 Å². The number of aromatic nitrogens is 3. The molecule has 0 aliphatic heterocycles. The second kappa shape index (κ2) is 5.75. The average Bonchev–Trinajstić information content (AvgIpc) is 3.02. The predicted molar refractivity (Wildman–Crippen MR) is 79.8 cm³/mol. The van der Waals surface area contributed by atoms with Gasteiger partial charge in [-0.1, -0.05) is 30.3 Å². The van der Waals surface area contributed by atoms with Gasteiger partial charge < -0.3 is 5.32 Å². The van der Waals surface area contributed by atoms with E-state index in [9.17, 15) is 4.39 Å². The smallest absolute Gasteiger partial charge is 0.138 e. The second-order valence-corrected chi connectivity index (χ2v) is 4.74. The number of rotatable bonds is 4. The molecule has 2 aromatic carbocycles. The third-order valence-electron chi connectivity index (χ3n) is 3.31. The Hall–Kier alpha value is -2.69. The number of halogens is 1. The Balaban J connectivity index is 1.91. The Morgan fingerprint density at radius 3 is 2.62 bits per heavy atom. The van der Waals surface area contributed by atoms with Crippen molar-refractivity contribution in [1.29, 1.82) is 0 Å². The van der Waals surface area contributed by atoms with Crippen LogP contribution in [0.25, 0.3) is 5.69 Å². The molecule has 5 heteroatoms. The van der Waals surface area contributed by atoms with Crippen LogP contribution in [0.4, 0.5) is 10.1 Å². The number of anilines is 1. The highest BCUT2D eigenvalue weighted by Crippen LogP contribution is 2.25. The first kappa shape index (κ1) is 13.3. The van der Waals surface area contributed by atoms with Gasteiger partial charge in [0.1, 0.15) is 18.5 Å². The molecule has 0 amide bonds. The van der Waals surface area contributed by atoms with Gasteiger partial charge in [-0.05, 0) is 25.1 Å². The summed E-state index contributed by atoms with van der Waals surface area (Å²) in [6.45, 7) is 1.93. The highest BCUT2D eigenvalue weighted by atomic mass is 19.1. The quantitative estimate of drug-likeness (QED) is 0.795. The third kappa shape index (κ3) is 2.76. The molecule has 0 aliphatic rings. The molecule has 0 radical (unpaired) electrons. The normalized spacial score (nSPS) is 12.1. The van der Waals surface area contributed by atoms with E-state index in [1.165, 1.54) is 12.4 Å². The minimum Gasteiger partial charge on any atom is -0.377 e. The lowest BCUT2D eigenvalue weighted by Gasteiger charge is -2.18. The fourth-order valence-corrected chi connectivity index (χ4v) is 2.27. The van der Waals surface area contributed by atoms with Crippen LogP contribution in [-0.2, 0) is 0 Å². The van der Waals surface area contributed by atoms with Gasteiger partial charge in [0.25, 0.3) is 0 Å². The first-order chi connectivity index (χ1) is 10.3. The zero-order chi connectivity index (χ0) is 14.7. The van der Waals surface area contributed by atoms with Crippen molar-refractivity contribution in [2.24, 2.45) is 0 Å². The molecule has 3 aromatic rings. The number of nitrogens with zero attached hydrogens (tertiary/aromatic N) is 3. The van der Waals surface area contributed by atoms with Crippen LogP contribution in [0, 0.1) is 5.82 Å². The van der Waals surface area contributed by atoms with E-state index in [-0.39, 0.29) is 11.9 Å². The van der Waals surface area contributed by atoms with Gasteiger partial charge in [0.05, 0.1) is 17.4 Å². The van der Waals surface area contributed by atoms with Gasteiger partial charge in [-0.3, -0.25) is 0 Å². The molecule has 1 unspecified atom stereocenters. The first-order valence-corrected chi connectivity index (χ1v) is 6.70. The van der Waals surface area contributed by atoms with E-state index in [2.05, 4.69) is 15.4 Å². The van der Waals surface area contributed by atoms with Gasteiger partial charge in [0.2, 0.25) is 0 Å². The van der Waals surface area contributed by atoms with Gasteiger partial charge >= 0.3 is 0 Å². The SMILES string of the molecule is CC(Nc1ccccc1-n1cncn1)c1ccccc1F. The second-order valence-electron chi connectivity index (χ2n) is 4.74. The minimum atomic E-state index is -0.212. The summed E-state index contributed by atoms with van der Waals surface area (Å²) in [6.07, 6.45) is 3.12. The van der Waals surface area contributed by atoms with Crippen molar-refractivity contribution in [2.75, 3.05) is 5.32 Å². The molecule has 0 spiro atoms. The highest BCUT2D eigenvalue weighted by molar-refractivity contribution is 5.61. The Morgan fingerprint density at radius 1 is 1.10 bits per heavy atom. The van der Waals surface area contributed by atoms with E-state index in [0.29, 0.717) is 5.56 Å². The molecular formula is C16H15FN4. The van der Waals surface area contributed by atoms with Crippen LogP contribution in [0.1, 0.15) is 18.5 Å². The van der Waals surface area contributed by atoms with Gasteiger partial charge in [-0.25, -0.2) is 14.1 Å². The van der Waals surface area contributed by atoms with Gasteiger partial charge in [-0.15, -0.1) is 0 Å². The maximum atomic E-state index is 13.8. The maximum absolute atomic E-state index is 13.8. The van der Waals surface area contributed by atoms with Crippen molar-refractivity contribution in [3.8, 4) is 5.69 Å². The van der Waals surface area contributed by atoms with E-state index in [1.807, 2.05) is 37.3 Å². The van der Waals surface area contributed by atoms with Crippen molar-refractivity contribution in [3.05, 3.63) is 72.6 Å². The fourth-order valence-electron chi connectivity index (χ4n) is 2.27. The largest absolute Gasteiger partial charge is 0.377 e. The lowest BCUT2D eigenvalue weighted by molar-refractivity contribution is 0.600. The number of nitrogens with one attached hydrogen (secondary N) is 1. The summed E-state index contributed by atoms with van der Waals surface area (Å²) in [5, 5.41) is 7.46. The van der Waals surface area contributed by atoms with Crippen LogP contribution in [0.15, 0.2) is 61.2 Å². The lowest BCUT2D eigenvalue weighted by atomic mass is 10.1. The van der Waals surface area contributed by atoms with E-state index in [0.717, 1.165) is 11.4 Å². The van der Waals surface area contributed by atoms with Crippen molar-refractivity contribution >= 4 is 5.69 Å². The zero-order valence-electron chi connectivity index (χ0n) is 11.6. The molecule has 106 valence electrons. The molecule has 3 rings (SSSR count). The first-order valence-electron chi connectivity index (χ1n) is 6.70. The Labute approximate surface area is 122 Å². The van der Waals surface area contributed by atoms with Crippen LogP contribution >= 0.6 is 0 Å². The molecule has 1 heterocycles. The van der Waals surface area contributed by atoms with Gasteiger partial charge in [0, 0.05) is 5.56 Å². The average molecular weight is 282 g/mol.